The van der Waals surface area contributed by atoms with Crippen LogP contribution >= 0.6 is 23.2 Å². The lowest BCUT2D eigenvalue weighted by molar-refractivity contribution is 0.110. The summed E-state index contributed by atoms with van der Waals surface area (Å²) in [5.74, 6) is 1.78. The highest BCUT2D eigenvalue weighted by Crippen LogP contribution is 2.31. The molecule has 0 aliphatic rings. The lowest BCUT2D eigenvalue weighted by Crippen LogP contribution is -2.42. The standard InChI is InChI=1S/C17H21Cl2N3O3/c1-2-20-17(22-10-13-5-4-8-24-13)21-9-12(23)11-25-15-7-3-6-14(18)16(15)19/h3-8,12,23H,2,9-11H2,1H3,(H2,20,21,22). The molecule has 2 rings (SSSR count). The van der Waals surface area contributed by atoms with Gasteiger partial charge in [-0.15, -0.1) is 0 Å². The van der Waals surface area contributed by atoms with Crippen molar-refractivity contribution in [3.8, 4) is 5.75 Å². The number of furan rings is 1. The average molecular weight is 386 g/mol. The number of hydrogen-bond acceptors (Lipinski definition) is 4. The van der Waals surface area contributed by atoms with E-state index in [2.05, 4.69) is 15.6 Å². The minimum absolute atomic E-state index is 0.0741. The highest BCUT2D eigenvalue weighted by molar-refractivity contribution is 6.42. The zero-order valence-electron chi connectivity index (χ0n) is 13.8. The molecule has 1 heterocycles. The Balaban J connectivity index is 1.80. The number of aliphatic hydroxyl groups excluding tert-OH is 1. The maximum absolute atomic E-state index is 10.1. The Kier molecular flexibility index (Phi) is 7.91. The first-order chi connectivity index (χ1) is 12.1. The van der Waals surface area contributed by atoms with E-state index >= 15 is 0 Å². The summed E-state index contributed by atoms with van der Waals surface area (Å²) in [6.07, 6.45) is 0.857. The molecular weight excluding hydrogens is 365 g/mol. The SMILES string of the molecule is CCNC(=NCc1ccco1)NCC(O)COc1cccc(Cl)c1Cl. The fourth-order valence-electron chi connectivity index (χ4n) is 1.96. The van der Waals surface area contributed by atoms with Crippen LogP contribution < -0.4 is 15.4 Å². The number of benzene rings is 1. The third-order valence-corrected chi connectivity index (χ3v) is 3.97. The molecule has 1 aromatic carbocycles. The van der Waals surface area contributed by atoms with Crippen LogP contribution in [-0.2, 0) is 6.54 Å². The molecule has 3 N–H and O–H groups in total. The van der Waals surface area contributed by atoms with Crippen molar-refractivity contribution >= 4 is 29.2 Å². The van der Waals surface area contributed by atoms with Crippen molar-refractivity contribution in [1.29, 1.82) is 0 Å². The van der Waals surface area contributed by atoms with Crippen molar-refractivity contribution in [1.82, 2.24) is 10.6 Å². The zero-order chi connectivity index (χ0) is 18.1. The Morgan fingerprint density at radius 3 is 2.84 bits per heavy atom. The highest BCUT2D eigenvalue weighted by Gasteiger charge is 2.10. The van der Waals surface area contributed by atoms with E-state index in [1.54, 1.807) is 24.5 Å². The third-order valence-electron chi connectivity index (χ3n) is 3.17. The summed E-state index contributed by atoms with van der Waals surface area (Å²) >= 11 is 12.0. The van der Waals surface area contributed by atoms with Gasteiger partial charge in [0.1, 0.15) is 35.8 Å². The molecule has 0 aliphatic carbocycles. The zero-order valence-corrected chi connectivity index (χ0v) is 15.3. The minimum Gasteiger partial charge on any atom is -0.489 e. The molecule has 136 valence electrons. The molecule has 0 spiro atoms. The smallest absolute Gasteiger partial charge is 0.191 e. The largest absolute Gasteiger partial charge is 0.489 e. The van der Waals surface area contributed by atoms with Crippen LogP contribution in [0.15, 0.2) is 46.0 Å². The number of nitrogens with one attached hydrogen (secondary N) is 2. The fraction of sp³-hybridized carbons (Fsp3) is 0.353. The van der Waals surface area contributed by atoms with Crippen molar-refractivity contribution in [2.24, 2.45) is 4.99 Å². The van der Waals surface area contributed by atoms with Crippen LogP contribution in [0.5, 0.6) is 5.75 Å². The maximum atomic E-state index is 10.1. The Bertz CT molecular complexity index is 678. The second kappa shape index (κ2) is 10.2. The van der Waals surface area contributed by atoms with E-state index in [0.29, 0.717) is 34.8 Å². The number of halogens is 2. The summed E-state index contributed by atoms with van der Waals surface area (Å²) in [6, 6.07) is 8.77. The van der Waals surface area contributed by atoms with Gasteiger partial charge in [0.05, 0.1) is 11.3 Å². The van der Waals surface area contributed by atoms with E-state index in [1.165, 1.54) is 0 Å². The third kappa shape index (κ3) is 6.49. The molecule has 6 nitrogen and oxygen atoms in total. The Morgan fingerprint density at radius 2 is 2.12 bits per heavy atom. The van der Waals surface area contributed by atoms with E-state index in [0.717, 1.165) is 5.76 Å². The first kappa shape index (κ1) is 19.4. The molecule has 0 aliphatic heterocycles. The minimum atomic E-state index is -0.748. The van der Waals surface area contributed by atoms with Crippen molar-refractivity contribution in [3.05, 3.63) is 52.4 Å². The predicted molar refractivity (Wildman–Crippen MR) is 99.5 cm³/mol. The van der Waals surface area contributed by atoms with Gasteiger partial charge in [0.15, 0.2) is 5.96 Å². The second-order valence-corrected chi connectivity index (χ2v) is 5.96. The topological polar surface area (TPSA) is 79.0 Å². The summed E-state index contributed by atoms with van der Waals surface area (Å²) in [7, 11) is 0. The molecule has 0 saturated carbocycles. The second-order valence-electron chi connectivity index (χ2n) is 5.17. The Labute approximate surface area is 156 Å². The Hall–Kier alpha value is -1.89. The number of ether oxygens (including phenoxy) is 1. The van der Waals surface area contributed by atoms with E-state index in [9.17, 15) is 5.11 Å². The average Bonchev–Trinajstić information content (AvgIpc) is 3.12. The van der Waals surface area contributed by atoms with Crippen LogP contribution in [0.3, 0.4) is 0 Å². The van der Waals surface area contributed by atoms with Gasteiger partial charge in [-0.25, -0.2) is 4.99 Å². The van der Waals surface area contributed by atoms with Gasteiger partial charge in [-0.05, 0) is 31.2 Å². The van der Waals surface area contributed by atoms with E-state index in [4.69, 9.17) is 32.4 Å². The van der Waals surface area contributed by atoms with E-state index in [1.807, 2.05) is 19.1 Å². The highest BCUT2D eigenvalue weighted by atomic mass is 35.5. The van der Waals surface area contributed by atoms with Gasteiger partial charge in [-0.2, -0.15) is 0 Å². The molecule has 0 fully saturated rings. The quantitative estimate of drug-likeness (QED) is 0.480. The molecule has 2 aromatic rings. The number of hydrogen-bond donors (Lipinski definition) is 3. The molecule has 0 amide bonds. The number of aliphatic hydroxyl groups is 1. The summed E-state index contributed by atoms with van der Waals surface area (Å²) in [5.41, 5.74) is 0. The summed E-state index contributed by atoms with van der Waals surface area (Å²) in [4.78, 5) is 4.38. The number of nitrogens with zero attached hydrogens (tertiary/aromatic N) is 1. The first-order valence-corrected chi connectivity index (χ1v) is 8.65. The van der Waals surface area contributed by atoms with Gasteiger partial charge in [0, 0.05) is 13.1 Å². The van der Waals surface area contributed by atoms with Crippen LogP contribution in [0.4, 0.5) is 0 Å². The monoisotopic (exact) mass is 385 g/mol. The van der Waals surface area contributed by atoms with Gasteiger partial charge in [-0.1, -0.05) is 29.3 Å². The molecule has 0 radical (unpaired) electrons. The van der Waals surface area contributed by atoms with E-state index in [-0.39, 0.29) is 13.2 Å². The summed E-state index contributed by atoms with van der Waals surface area (Å²) in [6.45, 7) is 3.42. The van der Waals surface area contributed by atoms with Gasteiger partial charge in [-0.3, -0.25) is 0 Å². The van der Waals surface area contributed by atoms with E-state index < -0.39 is 6.10 Å². The van der Waals surface area contributed by atoms with Crippen LogP contribution in [-0.4, -0.2) is 36.9 Å². The fourth-order valence-corrected chi connectivity index (χ4v) is 2.30. The summed E-state index contributed by atoms with van der Waals surface area (Å²) < 4.78 is 10.7. The van der Waals surface area contributed by atoms with Crippen LogP contribution in [0.2, 0.25) is 10.0 Å². The lowest BCUT2D eigenvalue weighted by Gasteiger charge is -2.16. The van der Waals surface area contributed by atoms with Crippen molar-refractivity contribution < 1.29 is 14.3 Å². The molecule has 1 atom stereocenters. The molecule has 8 heteroatoms. The molecule has 1 unspecified atom stereocenters. The van der Waals surface area contributed by atoms with Crippen LogP contribution in [0.1, 0.15) is 12.7 Å². The van der Waals surface area contributed by atoms with Crippen LogP contribution in [0.25, 0.3) is 0 Å². The number of aliphatic imine (C=N–C) groups is 1. The predicted octanol–water partition coefficient (Wildman–Crippen LogP) is 3.08. The number of rotatable bonds is 8. The Morgan fingerprint density at radius 1 is 1.28 bits per heavy atom. The van der Waals surface area contributed by atoms with Crippen molar-refractivity contribution in [2.75, 3.05) is 19.7 Å². The molecular formula is C17H21Cl2N3O3. The molecule has 0 bridgehead atoms. The van der Waals surface area contributed by atoms with Crippen LogP contribution in [0, 0.1) is 0 Å². The van der Waals surface area contributed by atoms with Gasteiger partial charge in [0.2, 0.25) is 0 Å². The molecule has 25 heavy (non-hydrogen) atoms. The van der Waals surface area contributed by atoms with Crippen molar-refractivity contribution in [3.63, 3.8) is 0 Å². The summed E-state index contributed by atoms with van der Waals surface area (Å²) in [5, 5.41) is 17.0. The van der Waals surface area contributed by atoms with Crippen molar-refractivity contribution in [2.45, 2.75) is 19.6 Å². The molecule has 0 saturated heterocycles. The lowest BCUT2D eigenvalue weighted by atomic mass is 10.3. The van der Waals surface area contributed by atoms with Gasteiger partial charge in [0.25, 0.3) is 0 Å². The normalized spacial score (nSPS) is 12.7. The number of guanidine groups is 1. The first-order valence-electron chi connectivity index (χ1n) is 7.89. The molecule has 1 aromatic heterocycles. The maximum Gasteiger partial charge on any atom is 0.191 e. The van der Waals surface area contributed by atoms with Gasteiger partial charge >= 0.3 is 0 Å². The van der Waals surface area contributed by atoms with Gasteiger partial charge < -0.3 is 24.9 Å².